The Morgan fingerprint density at radius 2 is 1.47 bits per heavy atom. The van der Waals surface area contributed by atoms with Crippen LogP contribution in [0.1, 0.15) is 80.1 Å². The highest BCUT2D eigenvalue weighted by Gasteiger charge is 2.33. The summed E-state index contributed by atoms with van der Waals surface area (Å²) in [5.74, 6) is 0.842. The van der Waals surface area contributed by atoms with Gasteiger partial charge in [-0.3, -0.25) is 0 Å². The number of aliphatic hydroxyl groups is 1. The van der Waals surface area contributed by atoms with Crippen LogP contribution < -0.4 is 9.47 Å². The van der Waals surface area contributed by atoms with E-state index in [1.54, 1.807) is 0 Å². The summed E-state index contributed by atoms with van der Waals surface area (Å²) in [6, 6.07) is 22.0. The minimum absolute atomic E-state index is 0.239. The number of aryl methyl sites for hydroxylation is 1. The van der Waals surface area contributed by atoms with Gasteiger partial charge in [0, 0.05) is 5.41 Å². The molecule has 1 N–H and O–H groups in total. The molecule has 0 aromatic heterocycles. The van der Waals surface area contributed by atoms with Crippen molar-refractivity contribution in [2.24, 2.45) is 5.41 Å². The second kappa shape index (κ2) is 12.5. The van der Waals surface area contributed by atoms with E-state index in [0.29, 0.717) is 17.9 Å². The van der Waals surface area contributed by atoms with Crippen molar-refractivity contribution in [3.63, 3.8) is 0 Å². The SMILES string of the molecule is CCC(CC)(c1ccc(OCC(O)C(C)(C)C)c(C)c1)c1ccc(OCc2ccccc2)c(C(=O)OC)c1. The van der Waals surface area contributed by atoms with Crippen LogP contribution in [0.3, 0.4) is 0 Å². The average molecular weight is 519 g/mol. The van der Waals surface area contributed by atoms with Crippen molar-refractivity contribution in [1.29, 1.82) is 0 Å². The maximum absolute atomic E-state index is 12.8. The Balaban J connectivity index is 1.94. The third-order valence-electron chi connectivity index (χ3n) is 7.51. The first-order valence-electron chi connectivity index (χ1n) is 13.4. The summed E-state index contributed by atoms with van der Waals surface area (Å²) in [4.78, 5) is 12.8. The second-order valence-electron chi connectivity index (χ2n) is 10.9. The van der Waals surface area contributed by atoms with Gasteiger partial charge in [-0.2, -0.15) is 0 Å². The summed E-state index contributed by atoms with van der Waals surface area (Å²) >= 11 is 0. The maximum atomic E-state index is 12.8. The van der Waals surface area contributed by atoms with Crippen LogP contribution in [0.2, 0.25) is 0 Å². The van der Waals surface area contributed by atoms with Crippen molar-refractivity contribution >= 4 is 5.97 Å². The van der Waals surface area contributed by atoms with Crippen LogP contribution in [0.5, 0.6) is 11.5 Å². The van der Waals surface area contributed by atoms with Gasteiger partial charge >= 0.3 is 5.97 Å². The molecule has 3 aromatic carbocycles. The van der Waals surface area contributed by atoms with E-state index in [2.05, 4.69) is 32.0 Å². The van der Waals surface area contributed by atoms with Crippen molar-refractivity contribution in [2.75, 3.05) is 13.7 Å². The summed E-state index contributed by atoms with van der Waals surface area (Å²) in [5.41, 5.74) is 4.07. The van der Waals surface area contributed by atoms with Gasteiger partial charge in [-0.15, -0.1) is 0 Å². The smallest absolute Gasteiger partial charge is 0.341 e. The van der Waals surface area contributed by atoms with Crippen molar-refractivity contribution in [2.45, 2.75) is 72.5 Å². The summed E-state index contributed by atoms with van der Waals surface area (Å²) in [6.07, 6.45) is 1.12. The Morgan fingerprint density at radius 3 is 2.03 bits per heavy atom. The fourth-order valence-electron chi connectivity index (χ4n) is 4.72. The highest BCUT2D eigenvalue weighted by molar-refractivity contribution is 5.92. The summed E-state index contributed by atoms with van der Waals surface area (Å²) < 4.78 is 17.2. The molecule has 0 spiro atoms. The summed E-state index contributed by atoms with van der Waals surface area (Å²) in [7, 11) is 1.39. The Labute approximate surface area is 227 Å². The molecule has 1 atom stereocenters. The molecule has 5 nitrogen and oxygen atoms in total. The molecular formula is C33H42O5. The molecule has 0 bridgehead atoms. The normalized spacial score (nSPS) is 12.6. The maximum Gasteiger partial charge on any atom is 0.341 e. The van der Waals surface area contributed by atoms with E-state index >= 15 is 0 Å². The lowest BCUT2D eigenvalue weighted by atomic mass is 9.70. The van der Waals surface area contributed by atoms with E-state index < -0.39 is 12.1 Å². The number of hydrogen-bond donors (Lipinski definition) is 1. The molecule has 0 fully saturated rings. The number of methoxy groups -OCH3 is 1. The Morgan fingerprint density at radius 1 is 0.868 bits per heavy atom. The molecule has 3 rings (SSSR count). The average Bonchev–Trinajstić information content (AvgIpc) is 2.92. The fraction of sp³-hybridized carbons (Fsp3) is 0.424. The molecule has 0 aliphatic rings. The lowest BCUT2D eigenvalue weighted by Gasteiger charge is -2.34. The Bertz CT molecular complexity index is 1210. The molecule has 5 heteroatoms. The molecule has 204 valence electrons. The highest BCUT2D eigenvalue weighted by Crippen LogP contribution is 2.42. The zero-order chi connectivity index (χ0) is 27.9. The molecule has 0 saturated carbocycles. The van der Waals surface area contributed by atoms with E-state index in [9.17, 15) is 9.90 Å². The van der Waals surface area contributed by atoms with E-state index in [1.165, 1.54) is 7.11 Å². The molecule has 38 heavy (non-hydrogen) atoms. The van der Waals surface area contributed by atoms with Crippen molar-refractivity contribution in [3.8, 4) is 11.5 Å². The number of aliphatic hydroxyl groups excluding tert-OH is 1. The predicted molar refractivity (Wildman–Crippen MR) is 152 cm³/mol. The van der Waals surface area contributed by atoms with Gasteiger partial charge in [-0.05, 0) is 65.6 Å². The first-order chi connectivity index (χ1) is 18.1. The molecule has 0 amide bonds. The van der Waals surface area contributed by atoms with Gasteiger partial charge in [0.05, 0.1) is 13.2 Å². The summed E-state index contributed by atoms with van der Waals surface area (Å²) in [5, 5.41) is 10.4. The minimum atomic E-state index is -0.564. The van der Waals surface area contributed by atoms with Crippen LogP contribution in [-0.4, -0.2) is 30.9 Å². The van der Waals surface area contributed by atoms with E-state index in [4.69, 9.17) is 14.2 Å². The van der Waals surface area contributed by atoms with Crippen LogP contribution in [0.15, 0.2) is 66.7 Å². The number of hydrogen-bond acceptors (Lipinski definition) is 5. The van der Waals surface area contributed by atoms with Gasteiger partial charge in [-0.25, -0.2) is 4.79 Å². The highest BCUT2D eigenvalue weighted by atomic mass is 16.5. The number of esters is 1. The topological polar surface area (TPSA) is 65.0 Å². The third kappa shape index (κ3) is 6.57. The van der Waals surface area contributed by atoms with Crippen molar-refractivity contribution in [1.82, 2.24) is 0 Å². The molecular weight excluding hydrogens is 476 g/mol. The predicted octanol–water partition coefficient (Wildman–Crippen LogP) is 7.25. The lowest BCUT2D eigenvalue weighted by molar-refractivity contribution is 0.0216. The van der Waals surface area contributed by atoms with Crippen LogP contribution >= 0.6 is 0 Å². The molecule has 0 saturated heterocycles. The van der Waals surface area contributed by atoms with Gasteiger partial charge in [-0.1, -0.05) is 83.1 Å². The van der Waals surface area contributed by atoms with Gasteiger partial charge < -0.3 is 19.3 Å². The monoisotopic (exact) mass is 518 g/mol. The number of carbonyl (C=O) groups excluding carboxylic acids is 1. The van der Waals surface area contributed by atoms with Crippen LogP contribution in [-0.2, 0) is 16.8 Å². The first kappa shape index (κ1) is 29.2. The lowest BCUT2D eigenvalue weighted by Crippen LogP contribution is -2.32. The van der Waals surface area contributed by atoms with Crippen molar-refractivity contribution in [3.05, 3.63) is 94.5 Å². The standard InChI is InChI=1S/C33H42O5/c1-8-33(9-2,25-15-17-28(23(3)19-25)38-22-30(34)32(4,5)6)26-16-18-29(27(20-26)31(35)36-7)37-21-24-13-11-10-12-14-24/h10-20,30,34H,8-9,21-22H2,1-7H3. The van der Waals surface area contributed by atoms with Crippen LogP contribution in [0, 0.1) is 12.3 Å². The molecule has 0 radical (unpaired) electrons. The van der Waals surface area contributed by atoms with Gasteiger partial charge in [0.1, 0.15) is 30.3 Å². The quantitative estimate of drug-likeness (QED) is 0.271. The number of rotatable bonds is 11. The van der Waals surface area contributed by atoms with Gasteiger partial charge in [0.15, 0.2) is 0 Å². The van der Waals surface area contributed by atoms with Gasteiger partial charge in [0.2, 0.25) is 0 Å². The van der Waals surface area contributed by atoms with E-state index in [-0.39, 0.29) is 17.4 Å². The zero-order valence-corrected chi connectivity index (χ0v) is 23.8. The fourth-order valence-corrected chi connectivity index (χ4v) is 4.72. The largest absolute Gasteiger partial charge is 0.491 e. The molecule has 0 aliphatic heterocycles. The zero-order valence-electron chi connectivity index (χ0n) is 23.8. The number of ether oxygens (including phenoxy) is 3. The van der Waals surface area contributed by atoms with Crippen LogP contribution in [0.4, 0.5) is 0 Å². The van der Waals surface area contributed by atoms with Gasteiger partial charge in [0.25, 0.3) is 0 Å². The van der Waals surface area contributed by atoms with E-state index in [0.717, 1.165) is 40.8 Å². The summed E-state index contributed by atoms with van der Waals surface area (Å²) in [6.45, 7) is 12.9. The molecule has 1 unspecified atom stereocenters. The van der Waals surface area contributed by atoms with Crippen LogP contribution in [0.25, 0.3) is 0 Å². The molecule has 0 aliphatic carbocycles. The molecule has 3 aromatic rings. The minimum Gasteiger partial charge on any atom is -0.491 e. The third-order valence-corrected chi connectivity index (χ3v) is 7.51. The number of carbonyl (C=O) groups is 1. The second-order valence-corrected chi connectivity index (χ2v) is 10.9. The Kier molecular flexibility index (Phi) is 9.61. The molecule has 0 heterocycles. The van der Waals surface area contributed by atoms with Crippen molar-refractivity contribution < 1.29 is 24.1 Å². The van der Waals surface area contributed by atoms with E-state index in [1.807, 2.05) is 76.2 Å². The first-order valence-corrected chi connectivity index (χ1v) is 13.4. The number of benzene rings is 3. The Hall–Kier alpha value is -3.31.